The molecule has 2 aromatic heterocycles. The van der Waals surface area contributed by atoms with Crippen LogP contribution in [0.15, 0.2) is 30.6 Å². The van der Waals surface area contributed by atoms with Crippen molar-refractivity contribution in [2.75, 3.05) is 6.61 Å². The predicted molar refractivity (Wildman–Crippen MR) is 80.5 cm³/mol. The molecule has 0 saturated heterocycles. The zero-order valence-corrected chi connectivity index (χ0v) is 12.8. The highest BCUT2D eigenvalue weighted by atomic mass is 16.5. The molecule has 5 nitrogen and oxygen atoms in total. The summed E-state index contributed by atoms with van der Waals surface area (Å²) < 4.78 is 4.85. The lowest BCUT2D eigenvalue weighted by atomic mass is 10.2. The van der Waals surface area contributed by atoms with E-state index in [9.17, 15) is 4.79 Å². The van der Waals surface area contributed by atoms with Gasteiger partial charge >= 0.3 is 5.97 Å². The average Bonchev–Trinajstić information content (AvgIpc) is 3.02. The first kappa shape index (κ1) is 17.8. The molecule has 2 heterocycles. The van der Waals surface area contributed by atoms with Gasteiger partial charge in [0.1, 0.15) is 5.69 Å². The van der Waals surface area contributed by atoms with Crippen LogP contribution >= 0.6 is 0 Å². The van der Waals surface area contributed by atoms with E-state index in [1.807, 2.05) is 39.8 Å². The lowest BCUT2D eigenvalue weighted by Gasteiger charge is -1.96. The Hall–Kier alpha value is -2.17. The summed E-state index contributed by atoms with van der Waals surface area (Å²) in [5.74, 6) is -0.393. The second-order valence-corrected chi connectivity index (χ2v) is 3.12. The zero-order chi connectivity index (χ0) is 15.4. The van der Waals surface area contributed by atoms with Gasteiger partial charge in [0, 0.05) is 18.0 Å². The van der Waals surface area contributed by atoms with Crippen LogP contribution < -0.4 is 0 Å². The minimum Gasteiger partial charge on any atom is -0.461 e. The van der Waals surface area contributed by atoms with Gasteiger partial charge in [-0.15, -0.1) is 0 Å². The van der Waals surface area contributed by atoms with Crippen molar-refractivity contribution in [3.63, 3.8) is 0 Å². The van der Waals surface area contributed by atoms with Crippen molar-refractivity contribution in [3.8, 4) is 11.3 Å². The first-order valence-corrected chi connectivity index (χ1v) is 6.94. The molecule has 2 rings (SSSR count). The van der Waals surface area contributed by atoms with Gasteiger partial charge in [0.25, 0.3) is 0 Å². The van der Waals surface area contributed by atoms with Crippen LogP contribution in [0.3, 0.4) is 0 Å². The lowest BCUT2D eigenvalue weighted by Crippen LogP contribution is -2.04. The summed E-state index contributed by atoms with van der Waals surface area (Å²) in [4.78, 5) is 15.3. The van der Waals surface area contributed by atoms with E-state index in [-0.39, 0.29) is 0 Å². The van der Waals surface area contributed by atoms with Crippen LogP contribution in [0, 0.1) is 0 Å². The van der Waals surface area contributed by atoms with Gasteiger partial charge in [-0.25, -0.2) is 4.79 Å². The number of H-pyrrole nitrogens is 1. The number of hydrogen-bond donors (Lipinski definition) is 1. The summed E-state index contributed by atoms with van der Waals surface area (Å²) in [6.07, 6.45) is 3.35. The Bertz CT molecular complexity index is 481. The summed E-state index contributed by atoms with van der Waals surface area (Å²) in [7, 11) is 0. The van der Waals surface area contributed by atoms with Crippen LogP contribution in [0.4, 0.5) is 0 Å². The number of carbonyl (C=O) groups excluding carboxylic acids is 1. The molecule has 5 heteroatoms. The van der Waals surface area contributed by atoms with Gasteiger partial charge < -0.3 is 4.74 Å². The fraction of sp³-hybridized carbons (Fsp3) is 0.400. The maximum atomic E-state index is 11.4. The highest BCUT2D eigenvalue weighted by Crippen LogP contribution is 2.16. The molecule has 0 saturated carbocycles. The average molecular weight is 277 g/mol. The molecular formula is C15H23N3O2. The normalized spacial score (nSPS) is 8.65. The highest BCUT2D eigenvalue weighted by Gasteiger charge is 2.11. The Morgan fingerprint density at radius 1 is 1.20 bits per heavy atom. The van der Waals surface area contributed by atoms with Crippen LogP contribution in [-0.4, -0.2) is 27.8 Å². The number of nitrogens with one attached hydrogen (secondary N) is 1. The van der Waals surface area contributed by atoms with Crippen molar-refractivity contribution < 1.29 is 9.53 Å². The van der Waals surface area contributed by atoms with Crippen molar-refractivity contribution in [2.24, 2.45) is 0 Å². The van der Waals surface area contributed by atoms with Crippen LogP contribution in [0.1, 0.15) is 45.1 Å². The van der Waals surface area contributed by atoms with E-state index in [1.54, 1.807) is 25.4 Å². The third-order valence-corrected chi connectivity index (χ3v) is 2.05. The molecule has 0 aliphatic rings. The Labute approximate surface area is 120 Å². The molecular weight excluding hydrogens is 254 g/mol. The number of ether oxygens (including phenoxy) is 1. The van der Waals surface area contributed by atoms with Gasteiger partial charge in [-0.2, -0.15) is 5.10 Å². The molecule has 0 fully saturated rings. The number of esters is 1. The molecule has 0 unspecified atom stereocenters. The smallest absolute Gasteiger partial charge is 0.356 e. The predicted octanol–water partition coefficient (Wildman–Crippen LogP) is 3.70. The maximum Gasteiger partial charge on any atom is 0.356 e. The second kappa shape index (κ2) is 10.7. The van der Waals surface area contributed by atoms with Crippen LogP contribution in [0.25, 0.3) is 11.3 Å². The van der Waals surface area contributed by atoms with Crippen molar-refractivity contribution in [1.29, 1.82) is 0 Å². The topological polar surface area (TPSA) is 67.9 Å². The minimum absolute atomic E-state index is 0.350. The van der Waals surface area contributed by atoms with Crippen molar-refractivity contribution in [3.05, 3.63) is 36.3 Å². The summed E-state index contributed by atoms with van der Waals surface area (Å²) >= 11 is 0. The quantitative estimate of drug-likeness (QED) is 0.868. The largest absolute Gasteiger partial charge is 0.461 e. The molecule has 0 aliphatic heterocycles. The monoisotopic (exact) mass is 277 g/mol. The molecule has 0 amide bonds. The molecule has 0 radical (unpaired) electrons. The fourth-order valence-corrected chi connectivity index (χ4v) is 1.31. The molecule has 0 spiro atoms. The van der Waals surface area contributed by atoms with Crippen molar-refractivity contribution in [2.45, 2.75) is 34.6 Å². The maximum absolute atomic E-state index is 11.4. The molecule has 0 bridgehead atoms. The van der Waals surface area contributed by atoms with Crippen LogP contribution in [-0.2, 0) is 4.74 Å². The lowest BCUT2D eigenvalue weighted by molar-refractivity contribution is 0.0519. The van der Waals surface area contributed by atoms with Gasteiger partial charge in [0.05, 0.1) is 12.3 Å². The van der Waals surface area contributed by atoms with E-state index in [4.69, 9.17) is 4.74 Å². The highest BCUT2D eigenvalue weighted by molar-refractivity contribution is 5.88. The first-order valence-electron chi connectivity index (χ1n) is 6.94. The van der Waals surface area contributed by atoms with Crippen molar-refractivity contribution >= 4 is 5.97 Å². The molecule has 0 aliphatic carbocycles. The molecule has 110 valence electrons. The van der Waals surface area contributed by atoms with E-state index in [1.165, 1.54) is 0 Å². The number of aromatic amines is 1. The third kappa shape index (κ3) is 5.22. The molecule has 20 heavy (non-hydrogen) atoms. The number of hydrogen-bond acceptors (Lipinski definition) is 4. The number of aromatic nitrogens is 3. The molecule has 2 aromatic rings. The van der Waals surface area contributed by atoms with Crippen LogP contribution in [0.5, 0.6) is 0 Å². The summed E-state index contributed by atoms with van der Waals surface area (Å²) in [6, 6.07) is 5.31. The first-order chi connectivity index (χ1) is 9.81. The van der Waals surface area contributed by atoms with Gasteiger partial charge in [-0.3, -0.25) is 10.1 Å². The Morgan fingerprint density at radius 3 is 2.35 bits per heavy atom. The van der Waals surface area contributed by atoms with Gasteiger partial charge in [-0.1, -0.05) is 27.7 Å². The SMILES string of the molecule is CC.CC.CCOC(=O)c1cc(-c2ccncc2)n[nH]1. The number of rotatable bonds is 3. The zero-order valence-electron chi connectivity index (χ0n) is 12.8. The van der Waals surface area contributed by atoms with Gasteiger partial charge in [0.15, 0.2) is 0 Å². The van der Waals surface area contributed by atoms with Gasteiger partial charge in [0.2, 0.25) is 0 Å². The standard InChI is InChI=1S/C11H11N3O2.2C2H6/c1-2-16-11(15)10-7-9(13-14-10)8-3-5-12-6-4-8;2*1-2/h3-7H,2H2,1H3,(H,13,14);2*1-2H3. The van der Waals surface area contributed by atoms with E-state index in [0.29, 0.717) is 18.0 Å². The Kier molecular flexibility index (Phi) is 9.56. The van der Waals surface area contributed by atoms with E-state index in [0.717, 1.165) is 5.56 Å². The number of carbonyl (C=O) groups is 1. The van der Waals surface area contributed by atoms with Crippen LogP contribution in [0.2, 0.25) is 0 Å². The van der Waals surface area contributed by atoms with Crippen molar-refractivity contribution in [1.82, 2.24) is 15.2 Å². The minimum atomic E-state index is -0.393. The van der Waals surface area contributed by atoms with Gasteiger partial charge in [-0.05, 0) is 25.1 Å². The fourth-order valence-electron chi connectivity index (χ4n) is 1.31. The number of pyridine rings is 1. The summed E-state index contributed by atoms with van der Waals surface area (Å²) in [5.41, 5.74) is 1.96. The molecule has 1 N–H and O–H groups in total. The molecule has 0 aromatic carbocycles. The van der Waals surface area contributed by atoms with E-state index >= 15 is 0 Å². The summed E-state index contributed by atoms with van der Waals surface area (Å²) in [5, 5.41) is 6.68. The molecule has 0 atom stereocenters. The second-order valence-electron chi connectivity index (χ2n) is 3.12. The Morgan fingerprint density at radius 2 is 1.80 bits per heavy atom. The Balaban J connectivity index is 0.000000829. The van der Waals surface area contributed by atoms with E-state index < -0.39 is 5.97 Å². The van der Waals surface area contributed by atoms with E-state index in [2.05, 4.69) is 15.2 Å². The third-order valence-electron chi connectivity index (χ3n) is 2.05. The summed E-state index contributed by atoms with van der Waals surface area (Å²) in [6.45, 7) is 10.1. The number of nitrogens with zero attached hydrogens (tertiary/aromatic N) is 2.